The second-order valence-corrected chi connectivity index (χ2v) is 1.33. The van der Waals surface area contributed by atoms with Crippen LogP contribution in [0.5, 0.6) is 0 Å². The van der Waals surface area contributed by atoms with Gasteiger partial charge < -0.3 is 14.3 Å². The number of nitrogens with one attached hydrogen (secondary N) is 1. The van der Waals surface area contributed by atoms with Crippen LogP contribution in [0.1, 0.15) is 6.92 Å². The summed E-state index contributed by atoms with van der Waals surface area (Å²) < 4.78 is 8.45. The Balaban J connectivity index is 3.24. The first-order valence-corrected chi connectivity index (χ1v) is 2.77. The average molecular weight is 164 g/mol. The molecule has 0 aliphatic rings. The fourth-order valence-electron chi connectivity index (χ4n) is 0.282. The lowest BCUT2D eigenvalue weighted by Crippen LogP contribution is -2.12. The van der Waals surface area contributed by atoms with Crippen molar-refractivity contribution >= 4 is 6.16 Å². The quantitative estimate of drug-likeness (QED) is 0.284. The number of hydrogen-bond acceptors (Lipinski definition) is 6. The zero-order valence-electron chi connectivity index (χ0n) is 5.90. The van der Waals surface area contributed by atoms with Gasteiger partial charge in [-0.25, -0.2) is 10.0 Å². The van der Waals surface area contributed by atoms with Gasteiger partial charge >= 0.3 is 6.16 Å². The van der Waals surface area contributed by atoms with Crippen molar-refractivity contribution in [2.24, 2.45) is 0 Å². The zero-order chi connectivity index (χ0) is 8.69. The van der Waals surface area contributed by atoms with E-state index < -0.39 is 18.0 Å². The van der Waals surface area contributed by atoms with E-state index in [-0.39, 0.29) is 6.61 Å². The van der Waals surface area contributed by atoms with Crippen LogP contribution in [0, 0.1) is 10.7 Å². The molecule has 0 spiro atoms. The van der Waals surface area contributed by atoms with Crippen LogP contribution >= 0.6 is 0 Å². The maximum absolute atomic E-state index is 10.3. The molecule has 0 aliphatic carbocycles. The predicted molar refractivity (Wildman–Crippen MR) is 30.4 cm³/mol. The number of ether oxygens (including phenoxy) is 2. The second-order valence-electron chi connectivity index (χ2n) is 1.33. The molecule has 0 heterocycles. The summed E-state index contributed by atoms with van der Waals surface area (Å²) in [5.41, 5.74) is 6.15. The van der Waals surface area contributed by atoms with Gasteiger partial charge in [0.1, 0.15) is 0 Å². The highest BCUT2D eigenvalue weighted by Gasteiger charge is 2.00. The van der Waals surface area contributed by atoms with Crippen molar-refractivity contribution in [3.63, 3.8) is 0 Å². The Morgan fingerprint density at radius 1 is 1.64 bits per heavy atom. The van der Waals surface area contributed by atoms with E-state index >= 15 is 0 Å². The molecule has 11 heavy (non-hydrogen) atoms. The summed E-state index contributed by atoms with van der Waals surface area (Å²) in [6.45, 7) is 1.17. The van der Waals surface area contributed by atoms with Crippen molar-refractivity contribution < 1.29 is 24.1 Å². The minimum Gasteiger partial charge on any atom is -0.435 e. The van der Waals surface area contributed by atoms with Crippen LogP contribution in [-0.2, 0) is 14.3 Å². The molecule has 64 valence electrons. The smallest absolute Gasteiger partial charge is 0.435 e. The highest BCUT2D eigenvalue weighted by atomic mass is 16.9. The molecule has 0 bridgehead atoms. The van der Waals surface area contributed by atoms with Gasteiger partial charge in [0.25, 0.3) is 0 Å². The lowest BCUT2D eigenvalue weighted by molar-refractivity contribution is -0.813. The fourth-order valence-corrected chi connectivity index (χ4v) is 0.282. The van der Waals surface area contributed by atoms with E-state index in [1.54, 1.807) is 6.92 Å². The van der Waals surface area contributed by atoms with Crippen LogP contribution < -0.4 is 0 Å². The monoisotopic (exact) mass is 164 g/mol. The Bertz CT molecular complexity index is 147. The lowest BCUT2D eigenvalue weighted by Gasteiger charge is -2.03. The highest BCUT2D eigenvalue weighted by Crippen LogP contribution is 1.85. The second kappa shape index (κ2) is 5.27. The minimum absolute atomic E-state index is 0.181. The summed E-state index contributed by atoms with van der Waals surface area (Å²) in [5, 5.41) is 9.14. The molecule has 0 atom stereocenters. The van der Waals surface area contributed by atoms with Gasteiger partial charge in [-0.3, -0.25) is 0 Å². The van der Waals surface area contributed by atoms with Gasteiger partial charge in [0.15, 0.2) is 5.02 Å². The fraction of sp³-hybridized carbons (Fsp3) is 0.750. The Kier molecular flexibility index (Phi) is 4.54. The van der Waals surface area contributed by atoms with E-state index in [9.17, 15) is 10.0 Å². The highest BCUT2D eigenvalue weighted by molar-refractivity contribution is 5.59. The minimum atomic E-state index is -0.936. The summed E-state index contributed by atoms with van der Waals surface area (Å²) >= 11 is 0. The molecule has 0 aromatic heterocycles. The van der Waals surface area contributed by atoms with E-state index in [2.05, 4.69) is 14.3 Å². The number of carbonyl (C=O) groups excluding carboxylic acids is 1. The van der Waals surface area contributed by atoms with E-state index in [1.165, 1.54) is 0 Å². The lowest BCUT2D eigenvalue weighted by atomic mass is 10.9. The number of nitrogens with zero attached hydrogens (tertiary/aromatic N) is 1. The van der Waals surface area contributed by atoms with E-state index in [0.717, 1.165) is 0 Å². The SMILES string of the molecule is CCOC(=O)OCO[N+](=N)[O-]. The van der Waals surface area contributed by atoms with Crippen LogP contribution in [0.25, 0.3) is 0 Å². The van der Waals surface area contributed by atoms with Crippen molar-refractivity contribution in [2.75, 3.05) is 13.4 Å². The molecule has 1 N–H and O–H groups in total. The number of hydrogen-bond donors (Lipinski definition) is 1. The Hall–Kier alpha value is -1.53. The van der Waals surface area contributed by atoms with Crippen LogP contribution in [0.2, 0.25) is 0 Å². The third-order valence-electron chi connectivity index (χ3n) is 0.609. The molecule has 0 rings (SSSR count). The third kappa shape index (κ3) is 6.35. The van der Waals surface area contributed by atoms with Gasteiger partial charge in [0, 0.05) is 5.53 Å². The molecule has 0 aromatic rings. The molecular formula is C4H8N2O5. The molecule has 0 fully saturated rings. The first-order chi connectivity index (χ1) is 5.16. The first-order valence-electron chi connectivity index (χ1n) is 2.77. The van der Waals surface area contributed by atoms with Crippen molar-refractivity contribution in [1.82, 2.24) is 0 Å². The molecule has 0 aliphatic heterocycles. The van der Waals surface area contributed by atoms with Crippen molar-refractivity contribution in [1.29, 1.82) is 5.53 Å². The van der Waals surface area contributed by atoms with Crippen LogP contribution in [-0.4, -0.2) is 24.6 Å². The van der Waals surface area contributed by atoms with Gasteiger partial charge in [0.05, 0.1) is 6.61 Å². The summed E-state index contributed by atoms with van der Waals surface area (Å²) in [7, 11) is 0. The van der Waals surface area contributed by atoms with Gasteiger partial charge in [0.2, 0.25) is 6.79 Å². The molecule has 7 heteroatoms. The molecule has 0 aromatic carbocycles. The normalized spacial score (nSPS) is 8.45. The molecule has 0 saturated carbocycles. The van der Waals surface area contributed by atoms with Gasteiger partial charge in [-0.05, 0) is 6.92 Å². The van der Waals surface area contributed by atoms with E-state index in [4.69, 9.17) is 5.53 Å². The largest absolute Gasteiger partial charge is 0.509 e. The van der Waals surface area contributed by atoms with Crippen LogP contribution in [0.15, 0.2) is 0 Å². The van der Waals surface area contributed by atoms with Crippen LogP contribution in [0.4, 0.5) is 4.79 Å². The van der Waals surface area contributed by atoms with Gasteiger partial charge in [-0.2, -0.15) is 0 Å². The number of rotatable bonds is 4. The molecular weight excluding hydrogens is 156 g/mol. The van der Waals surface area contributed by atoms with Gasteiger partial charge in [-0.15, -0.1) is 0 Å². The summed E-state index contributed by atoms with van der Waals surface area (Å²) in [4.78, 5) is 14.2. The molecule has 0 amide bonds. The molecule has 0 unspecified atom stereocenters. The topological polar surface area (TPSA) is 94.7 Å². The molecule has 0 radical (unpaired) electrons. The zero-order valence-corrected chi connectivity index (χ0v) is 5.90. The van der Waals surface area contributed by atoms with E-state index in [1.807, 2.05) is 0 Å². The molecule has 7 nitrogen and oxygen atoms in total. The summed E-state index contributed by atoms with van der Waals surface area (Å²) in [6.07, 6.45) is -0.936. The van der Waals surface area contributed by atoms with Gasteiger partial charge in [-0.1, -0.05) is 0 Å². The maximum atomic E-state index is 10.3. The van der Waals surface area contributed by atoms with Crippen molar-refractivity contribution in [3.05, 3.63) is 5.21 Å². The van der Waals surface area contributed by atoms with Crippen molar-refractivity contribution in [3.8, 4) is 0 Å². The summed E-state index contributed by atoms with van der Waals surface area (Å²) in [6, 6.07) is 0. The Morgan fingerprint density at radius 2 is 2.27 bits per heavy atom. The predicted octanol–water partition coefficient (Wildman–Crippen LogP) is 0.590. The van der Waals surface area contributed by atoms with E-state index in [0.29, 0.717) is 0 Å². The Morgan fingerprint density at radius 3 is 2.73 bits per heavy atom. The number of carbonyl (C=O) groups is 1. The van der Waals surface area contributed by atoms with Crippen molar-refractivity contribution in [2.45, 2.75) is 6.92 Å². The molecule has 0 saturated heterocycles. The Labute approximate surface area is 62.5 Å². The van der Waals surface area contributed by atoms with Crippen LogP contribution in [0.3, 0.4) is 0 Å². The first kappa shape index (κ1) is 9.47. The third-order valence-corrected chi connectivity index (χ3v) is 0.609. The maximum Gasteiger partial charge on any atom is 0.509 e. The summed E-state index contributed by atoms with van der Waals surface area (Å²) in [5.74, 6) is 0. The standard InChI is InChI=1S/C4H8N2O5/c1-2-9-4(7)10-3-11-6(5)8/h5H,2-3H2,1H3. The average Bonchev–Trinajstić information content (AvgIpc) is 1.87.